The van der Waals surface area contributed by atoms with E-state index >= 15 is 0 Å². The third kappa shape index (κ3) is 4.14. The van der Waals surface area contributed by atoms with E-state index in [4.69, 9.17) is 11.6 Å². The molecule has 2 aromatic rings. The molecule has 0 bridgehead atoms. The highest BCUT2D eigenvalue weighted by Gasteiger charge is 2.25. The van der Waals surface area contributed by atoms with E-state index in [-0.39, 0.29) is 10.9 Å². The minimum absolute atomic E-state index is 0.0812. The number of benzene rings is 1. The fraction of sp³-hybridized carbons (Fsp3) is 0.375. The summed E-state index contributed by atoms with van der Waals surface area (Å²) in [5.41, 5.74) is 1.17. The molecule has 4 nitrogen and oxygen atoms in total. The molecular formula is C16H19ClN2O2S2. The van der Waals surface area contributed by atoms with Gasteiger partial charge in [0, 0.05) is 17.6 Å². The van der Waals surface area contributed by atoms with Crippen LogP contribution in [0.25, 0.3) is 0 Å². The average Bonchev–Trinajstić information content (AvgIpc) is 3.21. The molecule has 0 amide bonds. The molecule has 7 heteroatoms. The van der Waals surface area contributed by atoms with Crippen molar-refractivity contribution in [3.05, 3.63) is 51.7 Å². The van der Waals surface area contributed by atoms with E-state index in [2.05, 4.69) is 21.1 Å². The molecule has 1 aliphatic heterocycles. The van der Waals surface area contributed by atoms with Crippen LogP contribution >= 0.6 is 22.9 Å². The molecule has 1 saturated heterocycles. The SMILES string of the molecule is O=S(=O)(NC[C@@H](c1ccsc1)N1CCCC1)c1cccc(Cl)c1. The topological polar surface area (TPSA) is 49.4 Å². The lowest BCUT2D eigenvalue weighted by molar-refractivity contribution is 0.247. The van der Waals surface area contributed by atoms with Gasteiger partial charge >= 0.3 is 0 Å². The fourth-order valence-electron chi connectivity index (χ4n) is 2.88. The standard InChI is InChI=1S/C16H19ClN2O2S2/c17-14-4-3-5-15(10-14)23(20,21)18-11-16(13-6-9-22-12-13)19-7-1-2-8-19/h3-6,9-10,12,16,18H,1-2,7-8,11H2/t16-/m0/s1. The Balaban J connectivity index is 1.76. The second-order valence-corrected chi connectivity index (χ2v) is 8.61. The van der Waals surface area contributed by atoms with Gasteiger partial charge in [0.2, 0.25) is 10.0 Å². The van der Waals surface area contributed by atoms with Gasteiger partial charge in [-0.15, -0.1) is 0 Å². The van der Waals surface area contributed by atoms with Crippen LogP contribution in [0.3, 0.4) is 0 Å². The molecule has 23 heavy (non-hydrogen) atoms. The fourth-order valence-corrected chi connectivity index (χ4v) is 4.93. The Bertz CT molecular complexity index is 741. The number of sulfonamides is 1. The monoisotopic (exact) mass is 370 g/mol. The van der Waals surface area contributed by atoms with Crippen molar-refractivity contribution in [3.8, 4) is 0 Å². The van der Waals surface area contributed by atoms with Crippen LogP contribution < -0.4 is 4.72 Å². The second-order valence-electron chi connectivity index (χ2n) is 5.62. The van der Waals surface area contributed by atoms with Gasteiger partial charge in [0.05, 0.1) is 4.90 Å². The van der Waals surface area contributed by atoms with Crippen LogP contribution in [-0.2, 0) is 10.0 Å². The van der Waals surface area contributed by atoms with Crippen molar-refractivity contribution in [1.29, 1.82) is 0 Å². The lowest BCUT2D eigenvalue weighted by atomic mass is 10.1. The van der Waals surface area contributed by atoms with E-state index in [0.29, 0.717) is 11.6 Å². The normalized spacial score (nSPS) is 17.4. The van der Waals surface area contributed by atoms with E-state index in [1.54, 1.807) is 29.5 Å². The molecular weight excluding hydrogens is 352 g/mol. The van der Waals surface area contributed by atoms with Crippen molar-refractivity contribution in [2.75, 3.05) is 19.6 Å². The van der Waals surface area contributed by atoms with E-state index < -0.39 is 10.0 Å². The smallest absolute Gasteiger partial charge is 0.240 e. The average molecular weight is 371 g/mol. The molecule has 0 saturated carbocycles. The Morgan fingerprint density at radius 3 is 2.70 bits per heavy atom. The molecule has 0 spiro atoms. The summed E-state index contributed by atoms with van der Waals surface area (Å²) in [7, 11) is -3.56. The van der Waals surface area contributed by atoms with Gasteiger partial charge in [0.25, 0.3) is 0 Å². The quantitative estimate of drug-likeness (QED) is 0.846. The Kier molecular flexibility index (Phi) is 5.38. The first-order valence-corrected chi connectivity index (χ1v) is 10.4. The number of likely N-dealkylation sites (tertiary alicyclic amines) is 1. The summed E-state index contributed by atoms with van der Waals surface area (Å²) in [5.74, 6) is 0. The number of hydrogen-bond acceptors (Lipinski definition) is 4. The number of nitrogens with zero attached hydrogens (tertiary/aromatic N) is 1. The minimum atomic E-state index is -3.56. The zero-order chi connectivity index (χ0) is 16.3. The third-order valence-corrected chi connectivity index (χ3v) is 6.44. The summed E-state index contributed by atoms with van der Waals surface area (Å²) < 4.78 is 27.7. The number of halogens is 1. The number of rotatable bonds is 6. The summed E-state index contributed by atoms with van der Waals surface area (Å²) in [6, 6.07) is 8.49. The lowest BCUT2D eigenvalue weighted by Gasteiger charge is -2.27. The van der Waals surface area contributed by atoms with Crippen molar-refractivity contribution >= 4 is 33.0 Å². The molecule has 124 valence electrons. The van der Waals surface area contributed by atoms with Crippen molar-refractivity contribution in [3.63, 3.8) is 0 Å². The second kappa shape index (κ2) is 7.32. The first kappa shape index (κ1) is 16.9. The largest absolute Gasteiger partial charge is 0.295 e. The van der Waals surface area contributed by atoms with Crippen LogP contribution in [0.5, 0.6) is 0 Å². The van der Waals surface area contributed by atoms with Gasteiger partial charge in [0.15, 0.2) is 0 Å². The summed E-state index contributed by atoms with van der Waals surface area (Å²) in [6.45, 7) is 2.39. The Morgan fingerprint density at radius 2 is 2.04 bits per heavy atom. The summed E-state index contributed by atoms with van der Waals surface area (Å²) in [4.78, 5) is 2.55. The Hall–Kier alpha value is -0.920. The lowest BCUT2D eigenvalue weighted by Crippen LogP contribution is -2.36. The van der Waals surface area contributed by atoms with Crippen LogP contribution in [0.4, 0.5) is 0 Å². The van der Waals surface area contributed by atoms with E-state index in [9.17, 15) is 8.42 Å². The maximum atomic E-state index is 12.5. The van der Waals surface area contributed by atoms with Crippen LogP contribution in [0.15, 0.2) is 46.0 Å². The van der Waals surface area contributed by atoms with Gasteiger partial charge in [-0.05, 0) is 66.5 Å². The van der Waals surface area contributed by atoms with Gasteiger partial charge in [-0.1, -0.05) is 17.7 Å². The summed E-state index contributed by atoms with van der Waals surface area (Å²) in [5, 5.41) is 4.54. The maximum absolute atomic E-state index is 12.5. The minimum Gasteiger partial charge on any atom is -0.295 e. The maximum Gasteiger partial charge on any atom is 0.240 e. The van der Waals surface area contributed by atoms with Crippen molar-refractivity contribution in [1.82, 2.24) is 9.62 Å². The Morgan fingerprint density at radius 1 is 1.26 bits per heavy atom. The highest BCUT2D eigenvalue weighted by molar-refractivity contribution is 7.89. The van der Waals surface area contributed by atoms with Crippen LogP contribution in [0.2, 0.25) is 5.02 Å². The molecule has 1 atom stereocenters. The molecule has 0 unspecified atom stereocenters. The van der Waals surface area contributed by atoms with E-state index in [1.165, 1.54) is 24.5 Å². The molecule has 0 radical (unpaired) electrons. The van der Waals surface area contributed by atoms with Crippen LogP contribution in [-0.4, -0.2) is 33.0 Å². The number of hydrogen-bond donors (Lipinski definition) is 1. The van der Waals surface area contributed by atoms with Gasteiger partial charge in [-0.2, -0.15) is 11.3 Å². The van der Waals surface area contributed by atoms with Crippen molar-refractivity contribution < 1.29 is 8.42 Å². The molecule has 0 aliphatic carbocycles. The molecule has 1 aliphatic rings. The zero-order valence-corrected chi connectivity index (χ0v) is 15.0. The number of nitrogens with one attached hydrogen (secondary N) is 1. The van der Waals surface area contributed by atoms with Crippen molar-refractivity contribution in [2.24, 2.45) is 0 Å². The first-order valence-electron chi connectivity index (χ1n) is 7.58. The summed E-state index contributed by atoms with van der Waals surface area (Å²) in [6.07, 6.45) is 2.34. The van der Waals surface area contributed by atoms with Gasteiger partial charge < -0.3 is 0 Å². The predicted molar refractivity (Wildman–Crippen MR) is 94.5 cm³/mol. The van der Waals surface area contributed by atoms with Gasteiger partial charge in [-0.3, -0.25) is 4.90 Å². The van der Waals surface area contributed by atoms with Gasteiger partial charge in [-0.25, -0.2) is 13.1 Å². The zero-order valence-electron chi connectivity index (χ0n) is 12.6. The Labute approximate surface area is 146 Å². The molecule has 3 rings (SSSR count). The first-order chi connectivity index (χ1) is 11.1. The molecule has 1 aromatic carbocycles. The molecule has 1 N–H and O–H groups in total. The predicted octanol–water partition coefficient (Wildman–Crippen LogP) is 3.52. The van der Waals surface area contributed by atoms with E-state index in [0.717, 1.165) is 13.1 Å². The highest BCUT2D eigenvalue weighted by atomic mass is 35.5. The summed E-state index contributed by atoms with van der Waals surface area (Å²) >= 11 is 7.54. The highest BCUT2D eigenvalue weighted by Crippen LogP contribution is 2.27. The molecule has 1 aromatic heterocycles. The van der Waals surface area contributed by atoms with Crippen LogP contribution in [0, 0.1) is 0 Å². The van der Waals surface area contributed by atoms with Crippen molar-refractivity contribution in [2.45, 2.75) is 23.8 Å². The number of thiophene rings is 1. The van der Waals surface area contributed by atoms with Gasteiger partial charge in [0.1, 0.15) is 0 Å². The molecule has 1 fully saturated rings. The van der Waals surface area contributed by atoms with E-state index in [1.807, 2.05) is 5.38 Å². The third-order valence-electron chi connectivity index (χ3n) is 4.08. The molecule has 2 heterocycles. The van der Waals surface area contributed by atoms with Crippen LogP contribution in [0.1, 0.15) is 24.4 Å².